The minimum atomic E-state index is -4.83. The molecule has 8 nitrogen and oxygen atoms in total. The number of amides is 1. The number of nitrogens with zero attached hydrogens (tertiary/aromatic N) is 4. The van der Waals surface area contributed by atoms with Crippen LogP contribution in [-0.4, -0.2) is 94.4 Å². The maximum atomic E-state index is 13.7. The van der Waals surface area contributed by atoms with Gasteiger partial charge in [-0.25, -0.2) is 12.7 Å². The van der Waals surface area contributed by atoms with Gasteiger partial charge in [0.2, 0.25) is 15.9 Å². The number of piperazine rings is 1. The molecular formula is C27H35ClF3N5O3S. The van der Waals surface area contributed by atoms with Crippen LogP contribution in [0.4, 0.5) is 24.5 Å². The van der Waals surface area contributed by atoms with Crippen molar-refractivity contribution in [3.05, 3.63) is 53.1 Å². The van der Waals surface area contributed by atoms with Crippen LogP contribution in [-0.2, 0) is 21.0 Å². The van der Waals surface area contributed by atoms with Crippen LogP contribution in [0.15, 0.2) is 47.4 Å². The van der Waals surface area contributed by atoms with Gasteiger partial charge in [0.1, 0.15) is 0 Å². The highest BCUT2D eigenvalue weighted by Gasteiger charge is 2.38. The minimum absolute atomic E-state index is 0.0798. The molecule has 1 N–H and O–H groups in total. The Bertz CT molecular complexity index is 1280. The quantitative estimate of drug-likeness (QED) is 0.488. The van der Waals surface area contributed by atoms with Crippen LogP contribution in [0.2, 0.25) is 5.02 Å². The number of piperidine rings is 1. The van der Waals surface area contributed by atoms with Crippen molar-refractivity contribution in [2.75, 3.05) is 70.1 Å². The molecule has 40 heavy (non-hydrogen) atoms. The Morgan fingerprint density at radius 2 is 1.62 bits per heavy atom. The van der Waals surface area contributed by atoms with Gasteiger partial charge in [-0.1, -0.05) is 11.6 Å². The second-order valence-corrected chi connectivity index (χ2v) is 12.9. The first-order valence-electron chi connectivity index (χ1n) is 13.3. The SMILES string of the molecule is CN(C)S(=O)(=O)c1ccc(NC2CCN(C(=O)CCN3CCN(c4ccc(Cl)cc4)CC3)CC2)cc1C(F)(F)F. The molecule has 2 aromatic rings. The van der Waals surface area contributed by atoms with E-state index in [1.807, 2.05) is 29.2 Å². The predicted molar refractivity (Wildman–Crippen MR) is 150 cm³/mol. The number of benzene rings is 2. The Morgan fingerprint density at radius 3 is 2.20 bits per heavy atom. The molecule has 4 rings (SSSR count). The fraction of sp³-hybridized carbons (Fsp3) is 0.519. The number of carbonyl (C=O) groups excluding carboxylic acids is 1. The molecule has 0 aliphatic carbocycles. The number of likely N-dealkylation sites (tertiary alicyclic amines) is 1. The van der Waals surface area contributed by atoms with Gasteiger partial charge in [-0.2, -0.15) is 13.2 Å². The first-order chi connectivity index (χ1) is 18.8. The number of carbonyl (C=O) groups is 1. The van der Waals surface area contributed by atoms with Crippen LogP contribution in [0.5, 0.6) is 0 Å². The number of sulfonamides is 1. The Morgan fingerprint density at radius 1 is 1.00 bits per heavy atom. The normalized spacial score (nSPS) is 17.9. The molecule has 0 spiro atoms. The molecular weight excluding hydrogens is 567 g/mol. The Labute approximate surface area is 238 Å². The van der Waals surface area contributed by atoms with E-state index in [9.17, 15) is 26.4 Å². The topological polar surface area (TPSA) is 76.2 Å². The van der Waals surface area contributed by atoms with Gasteiger partial charge in [0.05, 0.1) is 10.5 Å². The molecule has 1 amide bonds. The number of hydrogen-bond donors (Lipinski definition) is 1. The van der Waals surface area contributed by atoms with E-state index in [1.165, 1.54) is 20.2 Å². The molecule has 2 aromatic carbocycles. The number of halogens is 4. The fourth-order valence-electron chi connectivity index (χ4n) is 5.07. The highest BCUT2D eigenvalue weighted by molar-refractivity contribution is 7.89. The lowest BCUT2D eigenvalue weighted by atomic mass is 10.0. The molecule has 2 aliphatic rings. The molecule has 2 fully saturated rings. The van der Waals surface area contributed by atoms with E-state index in [1.54, 1.807) is 0 Å². The number of anilines is 2. The summed E-state index contributed by atoms with van der Waals surface area (Å²) in [6.07, 6.45) is -3.22. The fourth-order valence-corrected chi connectivity index (χ4v) is 6.28. The van der Waals surface area contributed by atoms with Crippen LogP contribution >= 0.6 is 11.6 Å². The summed E-state index contributed by atoms with van der Waals surface area (Å²) in [6, 6.07) is 10.9. The van der Waals surface area contributed by atoms with E-state index in [0.29, 0.717) is 43.9 Å². The van der Waals surface area contributed by atoms with Crippen molar-refractivity contribution in [2.24, 2.45) is 0 Å². The largest absolute Gasteiger partial charge is 0.417 e. The lowest BCUT2D eigenvalue weighted by molar-refractivity contribution is -0.140. The zero-order valence-corrected chi connectivity index (χ0v) is 24.2. The van der Waals surface area contributed by atoms with Gasteiger partial charge in [0.25, 0.3) is 0 Å². The van der Waals surface area contributed by atoms with Gasteiger partial charge in [0.15, 0.2) is 0 Å². The molecule has 220 valence electrons. The molecule has 2 aliphatic heterocycles. The van der Waals surface area contributed by atoms with Gasteiger partial charge in [0, 0.05) is 88.8 Å². The van der Waals surface area contributed by atoms with Gasteiger partial charge in [-0.3, -0.25) is 9.69 Å². The highest BCUT2D eigenvalue weighted by Crippen LogP contribution is 2.37. The summed E-state index contributed by atoms with van der Waals surface area (Å²) < 4.78 is 66.6. The van der Waals surface area contributed by atoms with Gasteiger partial charge >= 0.3 is 6.18 Å². The van der Waals surface area contributed by atoms with Crippen LogP contribution in [0, 0.1) is 0 Å². The Kier molecular flexibility index (Phi) is 9.54. The number of nitrogens with one attached hydrogen (secondary N) is 1. The van der Waals surface area contributed by atoms with Crippen molar-refractivity contribution in [3.8, 4) is 0 Å². The van der Waals surface area contributed by atoms with Crippen molar-refractivity contribution < 1.29 is 26.4 Å². The van der Waals surface area contributed by atoms with E-state index in [4.69, 9.17) is 11.6 Å². The predicted octanol–water partition coefficient (Wildman–Crippen LogP) is 4.22. The number of hydrogen-bond acceptors (Lipinski definition) is 6. The summed E-state index contributed by atoms with van der Waals surface area (Å²) in [5, 5.41) is 3.81. The average Bonchev–Trinajstić information content (AvgIpc) is 2.92. The van der Waals surface area contributed by atoms with E-state index >= 15 is 0 Å². The molecule has 0 bridgehead atoms. The van der Waals surface area contributed by atoms with Crippen molar-refractivity contribution in [1.82, 2.24) is 14.1 Å². The van der Waals surface area contributed by atoms with Crippen molar-refractivity contribution >= 4 is 38.9 Å². The Hall–Kier alpha value is -2.54. The van der Waals surface area contributed by atoms with Gasteiger partial charge in [-0.15, -0.1) is 0 Å². The molecule has 13 heteroatoms. The smallest absolute Gasteiger partial charge is 0.382 e. The van der Waals surface area contributed by atoms with E-state index in [2.05, 4.69) is 15.1 Å². The third-order valence-electron chi connectivity index (χ3n) is 7.47. The molecule has 0 aromatic heterocycles. The second kappa shape index (κ2) is 12.5. The third-order valence-corrected chi connectivity index (χ3v) is 9.59. The molecule has 0 atom stereocenters. The average molecular weight is 602 g/mol. The van der Waals surface area contributed by atoms with Crippen LogP contribution in [0.25, 0.3) is 0 Å². The zero-order valence-electron chi connectivity index (χ0n) is 22.6. The van der Waals surface area contributed by atoms with E-state index < -0.39 is 26.7 Å². The summed E-state index contributed by atoms with van der Waals surface area (Å²) in [5.41, 5.74) is 0.140. The van der Waals surface area contributed by atoms with Crippen molar-refractivity contribution in [2.45, 2.75) is 36.4 Å². The lowest BCUT2D eigenvalue weighted by Crippen LogP contribution is -2.48. The van der Waals surface area contributed by atoms with Crippen molar-refractivity contribution in [3.63, 3.8) is 0 Å². The molecule has 0 saturated carbocycles. The first kappa shape index (κ1) is 30.4. The highest BCUT2D eigenvalue weighted by atomic mass is 35.5. The summed E-state index contributed by atoms with van der Waals surface area (Å²) in [7, 11) is -1.87. The number of rotatable bonds is 8. The minimum Gasteiger partial charge on any atom is -0.382 e. The maximum absolute atomic E-state index is 13.7. The monoisotopic (exact) mass is 601 g/mol. The lowest BCUT2D eigenvalue weighted by Gasteiger charge is -2.37. The number of alkyl halides is 3. The molecule has 2 heterocycles. The van der Waals surface area contributed by atoms with E-state index in [-0.39, 0.29) is 17.6 Å². The second-order valence-electron chi connectivity index (χ2n) is 10.4. The van der Waals surface area contributed by atoms with Crippen LogP contribution < -0.4 is 10.2 Å². The summed E-state index contributed by atoms with van der Waals surface area (Å²) in [5.74, 6) is 0.0798. The zero-order chi connectivity index (χ0) is 29.1. The first-order valence-corrected chi connectivity index (χ1v) is 15.1. The van der Waals surface area contributed by atoms with E-state index in [0.717, 1.165) is 48.3 Å². The summed E-state index contributed by atoms with van der Waals surface area (Å²) in [4.78, 5) is 18.5. The third kappa shape index (κ3) is 7.39. The van der Waals surface area contributed by atoms with Gasteiger partial charge in [-0.05, 0) is 55.3 Å². The summed E-state index contributed by atoms with van der Waals surface area (Å²) in [6.45, 7) is 5.22. The molecule has 0 radical (unpaired) electrons. The van der Waals surface area contributed by atoms with Crippen molar-refractivity contribution in [1.29, 1.82) is 0 Å². The standard InChI is InChI=1S/C27H35ClF3N5O3S/c1-33(2)40(38,39)25-8-5-22(19-24(25)27(29,30)31)32-21-9-13-36(14-10-21)26(37)11-12-34-15-17-35(18-16-34)23-6-3-20(28)4-7-23/h3-8,19,21,32H,9-18H2,1-2H3. The molecule has 0 unspecified atom stereocenters. The summed E-state index contributed by atoms with van der Waals surface area (Å²) >= 11 is 5.98. The maximum Gasteiger partial charge on any atom is 0.417 e. The Balaban J connectivity index is 1.24. The van der Waals surface area contributed by atoms with Crippen LogP contribution in [0.3, 0.4) is 0 Å². The van der Waals surface area contributed by atoms with Crippen LogP contribution in [0.1, 0.15) is 24.8 Å². The van der Waals surface area contributed by atoms with Gasteiger partial charge < -0.3 is 15.1 Å². The molecule has 2 saturated heterocycles.